The summed E-state index contributed by atoms with van der Waals surface area (Å²) in [4.78, 5) is 12.6. The van der Waals surface area contributed by atoms with Gasteiger partial charge in [-0.05, 0) is 49.4 Å². The Morgan fingerprint density at radius 2 is 1.65 bits per heavy atom. The van der Waals surface area contributed by atoms with Crippen molar-refractivity contribution >= 4 is 50.5 Å². The quantitative estimate of drug-likeness (QED) is 0.776. The monoisotopic (exact) mass is 416 g/mol. The maximum Gasteiger partial charge on any atom is 0.247 e. The Kier molecular flexibility index (Phi) is 6.39. The number of ether oxygens (including phenoxy) is 1. The summed E-state index contributed by atoms with van der Waals surface area (Å²) >= 11 is 11.8. The van der Waals surface area contributed by atoms with Gasteiger partial charge in [0.05, 0.1) is 19.1 Å². The van der Waals surface area contributed by atoms with E-state index >= 15 is 0 Å². The molecular weight excluding hydrogens is 399 g/mol. The second-order valence-electron chi connectivity index (χ2n) is 5.58. The topological polar surface area (TPSA) is 75.7 Å². The van der Waals surface area contributed by atoms with Crippen LogP contribution < -0.4 is 14.4 Å². The third kappa shape index (κ3) is 5.03. The van der Waals surface area contributed by atoms with Crippen LogP contribution in [-0.4, -0.2) is 33.7 Å². The summed E-state index contributed by atoms with van der Waals surface area (Å²) in [6, 6.07) is 9.95. The summed E-state index contributed by atoms with van der Waals surface area (Å²) in [5.41, 5.74) is 0.725. The van der Waals surface area contributed by atoms with E-state index in [2.05, 4.69) is 5.32 Å². The number of methoxy groups -OCH3 is 1. The highest BCUT2D eigenvalue weighted by molar-refractivity contribution is 7.92. The molecule has 0 heterocycles. The summed E-state index contributed by atoms with van der Waals surface area (Å²) < 4.78 is 30.6. The molecule has 9 heteroatoms. The van der Waals surface area contributed by atoms with Gasteiger partial charge in [0.2, 0.25) is 15.9 Å². The van der Waals surface area contributed by atoms with E-state index in [1.807, 2.05) is 0 Å². The lowest BCUT2D eigenvalue weighted by Crippen LogP contribution is -2.45. The Morgan fingerprint density at radius 3 is 2.12 bits per heavy atom. The van der Waals surface area contributed by atoms with Crippen molar-refractivity contribution in [2.24, 2.45) is 0 Å². The minimum atomic E-state index is -3.71. The molecule has 1 amide bonds. The van der Waals surface area contributed by atoms with E-state index in [-0.39, 0.29) is 0 Å². The predicted molar refractivity (Wildman–Crippen MR) is 105 cm³/mol. The fraction of sp³-hybridized carbons (Fsp3) is 0.235. The van der Waals surface area contributed by atoms with E-state index in [9.17, 15) is 13.2 Å². The van der Waals surface area contributed by atoms with Crippen molar-refractivity contribution in [1.29, 1.82) is 0 Å². The van der Waals surface area contributed by atoms with Gasteiger partial charge in [0.1, 0.15) is 11.8 Å². The summed E-state index contributed by atoms with van der Waals surface area (Å²) in [7, 11) is -2.20. The lowest BCUT2D eigenvalue weighted by atomic mass is 10.2. The zero-order chi connectivity index (χ0) is 19.5. The van der Waals surface area contributed by atoms with Crippen LogP contribution in [0, 0.1) is 0 Å². The van der Waals surface area contributed by atoms with Gasteiger partial charge in [-0.25, -0.2) is 8.42 Å². The number of nitrogens with zero attached hydrogens (tertiary/aromatic N) is 1. The van der Waals surface area contributed by atoms with Gasteiger partial charge in [0.25, 0.3) is 0 Å². The molecule has 0 radical (unpaired) electrons. The smallest absolute Gasteiger partial charge is 0.247 e. The molecule has 1 atom stereocenters. The minimum Gasteiger partial charge on any atom is -0.497 e. The van der Waals surface area contributed by atoms with Gasteiger partial charge in [0.15, 0.2) is 0 Å². The molecule has 2 aromatic rings. The number of nitrogens with one attached hydrogen (secondary N) is 1. The van der Waals surface area contributed by atoms with E-state index in [4.69, 9.17) is 27.9 Å². The molecule has 2 rings (SSSR count). The molecule has 2 aromatic carbocycles. The molecule has 1 unspecified atom stereocenters. The van der Waals surface area contributed by atoms with Gasteiger partial charge in [-0.15, -0.1) is 0 Å². The van der Waals surface area contributed by atoms with E-state index in [1.54, 1.807) is 24.3 Å². The summed E-state index contributed by atoms with van der Waals surface area (Å²) in [5.74, 6) is 0.0532. The van der Waals surface area contributed by atoms with Crippen LogP contribution >= 0.6 is 23.2 Å². The molecule has 0 bridgehead atoms. The molecular formula is C17H18Cl2N2O4S. The number of amides is 1. The lowest BCUT2D eigenvalue weighted by Gasteiger charge is -2.28. The van der Waals surface area contributed by atoms with Crippen LogP contribution in [0.25, 0.3) is 0 Å². The number of anilines is 2. The zero-order valence-corrected chi connectivity index (χ0v) is 16.7. The van der Waals surface area contributed by atoms with Crippen molar-refractivity contribution in [3.8, 4) is 5.75 Å². The molecule has 140 valence electrons. The maximum absolute atomic E-state index is 12.6. The Morgan fingerprint density at radius 1 is 1.12 bits per heavy atom. The maximum atomic E-state index is 12.6. The second-order valence-corrected chi connectivity index (χ2v) is 8.31. The Bertz CT molecular complexity index is 881. The van der Waals surface area contributed by atoms with Crippen molar-refractivity contribution in [3.63, 3.8) is 0 Å². The highest BCUT2D eigenvalue weighted by atomic mass is 35.5. The average Bonchev–Trinajstić information content (AvgIpc) is 2.53. The molecule has 6 nitrogen and oxygen atoms in total. The molecule has 0 aliphatic carbocycles. The number of benzene rings is 2. The molecule has 0 saturated carbocycles. The first-order valence-electron chi connectivity index (χ1n) is 7.52. The van der Waals surface area contributed by atoms with Crippen LogP contribution in [0.5, 0.6) is 5.75 Å². The van der Waals surface area contributed by atoms with Crippen LogP contribution in [-0.2, 0) is 14.8 Å². The second kappa shape index (κ2) is 8.16. The summed E-state index contributed by atoms with van der Waals surface area (Å²) in [6.45, 7) is 1.49. The fourth-order valence-electron chi connectivity index (χ4n) is 2.41. The van der Waals surface area contributed by atoms with Gasteiger partial charge < -0.3 is 10.1 Å². The largest absolute Gasteiger partial charge is 0.497 e. The zero-order valence-electron chi connectivity index (χ0n) is 14.4. The Hall–Kier alpha value is -1.96. The number of carbonyl (C=O) groups is 1. The van der Waals surface area contributed by atoms with Crippen molar-refractivity contribution in [2.75, 3.05) is 23.0 Å². The highest BCUT2D eigenvalue weighted by Gasteiger charge is 2.29. The molecule has 0 aromatic heterocycles. The Labute approximate surface area is 162 Å². The van der Waals surface area contributed by atoms with Crippen LogP contribution in [0.15, 0.2) is 42.5 Å². The van der Waals surface area contributed by atoms with E-state index in [0.29, 0.717) is 27.2 Å². The Balaban J connectivity index is 2.30. The van der Waals surface area contributed by atoms with Gasteiger partial charge in [-0.1, -0.05) is 23.2 Å². The first-order chi connectivity index (χ1) is 12.1. The highest BCUT2D eigenvalue weighted by Crippen LogP contribution is 2.26. The van der Waals surface area contributed by atoms with Crippen LogP contribution in [0.2, 0.25) is 10.0 Å². The molecule has 0 saturated heterocycles. The molecule has 1 N–H and O–H groups in total. The van der Waals surface area contributed by atoms with Gasteiger partial charge >= 0.3 is 0 Å². The number of halogens is 2. The van der Waals surface area contributed by atoms with Crippen LogP contribution in [0.4, 0.5) is 11.4 Å². The molecule has 0 fully saturated rings. The van der Waals surface area contributed by atoms with Crippen molar-refractivity contribution < 1.29 is 17.9 Å². The standard InChI is InChI=1S/C17H18Cl2N2O4S/c1-11(17(22)20-14-9-12(18)8-13(19)10-14)21(26(3,23)24)15-4-6-16(25-2)7-5-15/h4-11H,1-3H3,(H,20,22). The summed E-state index contributed by atoms with van der Waals surface area (Å²) in [6.07, 6.45) is 1.04. The van der Waals surface area contributed by atoms with Gasteiger partial charge in [-0.3, -0.25) is 9.10 Å². The molecule has 0 aliphatic heterocycles. The lowest BCUT2D eigenvalue weighted by molar-refractivity contribution is -0.116. The van der Waals surface area contributed by atoms with Crippen LogP contribution in [0.1, 0.15) is 6.92 Å². The van der Waals surface area contributed by atoms with E-state index in [0.717, 1.165) is 10.6 Å². The number of rotatable bonds is 6. The van der Waals surface area contributed by atoms with Gasteiger partial charge in [0, 0.05) is 15.7 Å². The third-order valence-electron chi connectivity index (χ3n) is 3.55. The SMILES string of the molecule is COc1ccc(N(C(C)C(=O)Nc2cc(Cl)cc(Cl)c2)S(C)(=O)=O)cc1. The fourth-order valence-corrected chi connectivity index (χ4v) is 4.11. The molecule has 26 heavy (non-hydrogen) atoms. The van der Waals surface area contributed by atoms with E-state index < -0.39 is 22.0 Å². The van der Waals surface area contributed by atoms with E-state index in [1.165, 1.54) is 32.2 Å². The van der Waals surface area contributed by atoms with Crippen molar-refractivity contribution in [1.82, 2.24) is 0 Å². The number of carbonyl (C=O) groups excluding carboxylic acids is 1. The van der Waals surface area contributed by atoms with Crippen LogP contribution in [0.3, 0.4) is 0 Å². The average molecular weight is 417 g/mol. The number of hydrogen-bond acceptors (Lipinski definition) is 4. The molecule has 0 spiro atoms. The number of sulfonamides is 1. The van der Waals surface area contributed by atoms with Crippen molar-refractivity contribution in [3.05, 3.63) is 52.5 Å². The first-order valence-corrected chi connectivity index (χ1v) is 10.1. The van der Waals surface area contributed by atoms with Gasteiger partial charge in [-0.2, -0.15) is 0 Å². The normalized spacial score (nSPS) is 12.3. The molecule has 0 aliphatic rings. The predicted octanol–water partition coefficient (Wildman–Crippen LogP) is 3.80. The third-order valence-corrected chi connectivity index (χ3v) is 5.22. The minimum absolute atomic E-state index is 0.347. The van der Waals surface area contributed by atoms with Crippen molar-refractivity contribution in [2.45, 2.75) is 13.0 Å². The number of hydrogen-bond donors (Lipinski definition) is 1. The summed E-state index contributed by atoms with van der Waals surface area (Å²) in [5, 5.41) is 3.34. The first kappa shape index (κ1) is 20.4.